The lowest BCUT2D eigenvalue weighted by atomic mass is 10.1. The van der Waals surface area contributed by atoms with Crippen LogP contribution in [0.15, 0.2) is 4.52 Å². The molecule has 0 unspecified atom stereocenters. The van der Waals surface area contributed by atoms with E-state index < -0.39 is 0 Å². The fraction of sp³-hybridized carbons (Fsp3) is 0.833. The lowest BCUT2D eigenvalue weighted by Gasteiger charge is -2.25. The summed E-state index contributed by atoms with van der Waals surface area (Å²) in [6.07, 6.45) is 5.08. The minimum absolute atomic E-state index is 0. The molecule has 1 N–H and O–H groups in total. The first kappa shape index (κ1) is 16.7. The number of aromatic nitrogens is 2. The maximum Gasteiger partial charge on any atom is 0.240 e. The van der Waals surface area contributed by atoms with Crippen molar-refractivity contribution in [3.8, 4) is 0 Å². The van der Waals surface area contributed by atoms with Crippen molar-refractivity contribution in [1.82, 2.24) is 20.4 Å². The molecule has 0 spiro atoms. The number of hydrogen-bond acceptors (Lipinski definition) is 5. The van der Waals surface area contributed by atoms with Crippen LogP contribution in [-0.2, 0) is 6.54 Å². The highest BCUT2D eigenvalue weighted by Gasteiger charge is 2.23. The third-order valence-electron chi connectivity index (χ3n) is 3.77. The van der Waals surface area contributed by atoms with Crippen LogP contribution in [0.5, 0.6) is 0 Å². The summed E-state index contributed by atoms with van der Waals surface area (Å²) in [6, 6.07) is 0. The second-order valence-electron chi connectivity index (χ2n) is 5.05. The molecule has 1 aromatic rings. The molecule has 1 aliphatic heterocycles. The first-order valence-corrected chi connectivity index (χ1v) is 6.67. The predicted molar refractivity (Wildman–Crippen MR) is 78.1 cm³/mol. The number of nitrogens with zero attached hydrogens (tertiary/aromatic N) is 3. The van der Waals surface area contributed by atoms with E-state index in [-0.39, 0.29) is 24.8 Å². The number of piperazine rings is 1. The second-order valence-corrected chi connectivity index (χ2v) is 5.05. The lowest BCUT2D eigenvalue weighted by molar-refractivity contribution is 0.203. The smallest absolute Gasteiger partial charge is 0.240 e. The molecule has 0 atom stereocenters. The van der Waals surface area contributed by atoms with Crippen LogP contribution in [0.4, 0.5) is 0 Å². The van der Waals surface area contributed by atoms with Gasteiger partial charge in [0.05, 0.1) is 6.54 Å². The van der Waals surface area contributed by atoms with Crippen LogP contribution in [0, 0.1) is 0 Å². The number of halogens is 2. The van der Waals surface area contributed by atoms with Gasteiger partial charge in [0.2, 0.25) is 5.89 Å². The minimum atomic E-state index is 0. The molecule has 2 fully saturated rings. The van der Waals surface area contributed by atoms with Crippen molar-refractivity contribution in [1.29, 1.82) is 0 Å². The van der Waals surface area contributed by atoms with Gasteiger partial charge in [0, 0.05) is 32.1 Å². The molecule has 7 heteroatoms. The van der Waals surface area contributed by atoms with Crippen molar-refractivity contribution in [2.75, 3.05) is 26.2 Å². The van der Waals surface area contributed by atoms with Gasteiger partial charge in [-0.3, -0.25) is 4.90 Å². The molecule has 1 saturated carbocycles. The fourth-order valence-electron chi connectivity index (χ4n) is 2.74. The Morgan fingerprint density at radius 1 is 1.16 bits per heavy atom. The molecule has 2 heterocycles. The Balaban J connectivity index is 0.000000902. The summed E-state index contributed by atoms with van der Waals surface area (Å²) < 4.78 is 5.36. The summed E-state index contributed by atoms with van der Waals surface area (Å²) in [4.78, 5) is 6.91. The first-order chi connectivity index (χ1) is 8.42. The van der Waals surface area contributed by atoms with Crippen LogP contribution < -0.4 is 5.32 Å². The summed E-state index contributed by atoms with van der Waals surface area (Å²) in [5.41, 5.74) is 0. The third-order valence-corrected chi connectivity index (χ3v) is 3.77. The Kier molecular flexibility index (Phi) is 7.07. The SMILES string of the molecule is C1CCC(c2noc(CN3CCNCC3)n2)C1.Cl.Cl. The van der Waals surface area contributed by atoms with Crippen molar-refractivity contribution >= 4 is 24.8 Å². The van der Waals surface area contributed by atoms with E-state index in [4.69, 9.17) is 4.52 Å². The zero-order valence-corrected chi connectivity index (χ0v) is 12.6. The Bertz CT molecular complexity index is 362. The zero-order valence-electron chi connectivity index (χ0n) is 11.0. The van der Waals surface area contributed by atoms with Gasteiger partial charge in [-0.25, -0.2) is 0 Å². The second kappa shape index (κ2) is 8.04. The highest BCUT2D eigenvalue weighted by molar-refractivity contribution is 5.85. The zero-order chi connectivity index (χ0) is 11.5. The van der Waals surface area contributed by atoms with Gasteiger partial charge < -0.3 is 9.84 Å². The van der Waals surface area contributed by atoms with Crippen molar-refractivity contribution in [3.63, 3.8) is 0 Å². The van der Waals surface area contributed by atoms with Gasteiger partial charge in [0.1, 0.15) is 0 Å². The van der Waals surface area contributed by atoms with Gasteiger partial charge in [-0.1, -0.05) is 18.0 Å². The van der Waals surface area contributed by atoms with Gasteiger partial charge in [-0.05, 0) is 12.8 Å². The van der Waals surface area contributed by atoms with Crippen molar-refractivity contribution in [2.24, 2.45) is 0 Å². The first-order valence-electron chi connectivity index (χ1n) is 6.67. The highest BCUT2D eigenvalue weighted by atomic mass is 35.5. The van der Waals surface area contributed by atoms with Crippen LogP contribution in [0.25, 0.3) is 0 Å². The third kappa shape index (κ3) is 4.31. The van der Waals surface area contributed by atoms with Gasteiger partial charge >= 0.3 is 0 Å². The van der Waals surface area contributed by atoms with Crippen LogP contribution in [0.3, 0.4) is 0 Å². The maximum atomic E-state index is 5.36. The van der Waals surface area contributed by atoms with Gasteiger partial charge in [-0.2, -0.15) is 4.98 Å². The van der Waals surface area contributed by atoms with E-state index >= 15 is 0 Å². The molecular weight excluding hydrogens is 287 g/mol. The monoisotopic (exact) mass is 308 g/mol. The van der Waals surface area contributed by atoms with E-state index in [1.54, 1.807) is 0 Å². The summed E-state index contributed by atoms with van der Waals surface area (Å²) in [7, 11) is 0. The quantitative estimate of drug-likeness (QED) is 0.925. The molecule has 5 nitrogen and oxygen atoms in total. The molecule has 3 rings (SSSR count). The molecule has 1 aliphatic carbocycles. The summed E-state index contributed by atoms with van der Waals surface area (Å²) in [5.74, 6) is 2.27. The van der Waals surface area contributed by atoms with E-state index in [1.807, 2.05) is 0 Å². The Morgan fingerprint density at radius 2 is 1.84 bits per heavy atom. The Morgan fingerprint density at radius 3 is 2.53 bits per heavy atom. The van der Waals surface area contributed by atoms with Crippen LogP contribution >= 0.6 is 24.8 Å². The van der Waals surface area contributed by atoms with E-state index in [2.05, 4.69) is 20.4 Å². The molecule has 0 radical (unpaired) electrons. The van der Waals surface area contributed by atoms with E-state index in [0.717, 1.165) is 44.4 Å². The summed E-state index contributed by atoms with van der Waals surface area (Å²) in [6.45, 7) is 5.07. The molecule has 0 amide bonds. The summed E-state index contributed by atoms with van der Waals surface area (Å²) in [5, 5.41) is 7.48. The van der Waals surface area contributed by atoms with Gasteiger partial charge in [-0.15, -0.1) is 24.8 Å². The molecule has 110 valence electrons. The summed E-state index contributed by atoms with van der Waals surface area (Å²) >= 11 is 0. The lowest BCUT2D eigenvalue weighted by Crippen LogP contribution is -2.42. The van der Waals surface area contributed by atoms with Crippen molar-refractivity contribution < 1.29 is 4.52 Å². The number of nitrogens with one attached hydrogen (secondary N) is 1. The van der Waals surface area contributed by atoms with Crippen molar-refractivity contribution in [3.05, 3.63) is 11.7 Å². The molecule has 2 aliphatic rings. The topological polar surface area (TPSA) is 54.2 Å². The van der Waals surface area contributed by atoms with Crippen LogP contribution in [0.1, 0.15) is 43.3 Å². The minimum Gasteiger partial charge on any atom is -0.338 e. The molecule has 0 aromatic carbocycles. The average molecular weight is 309 g/mol. The van der Waals surface area contributed by atoms with Gasteiger partial charge in [0.15, 0.2) is 5.82 Å². The Hall–Kier alpha value is -0.360. The maximum absolute atomic E-state index is 5.36. The van der Waals surface area contributed by atoms with Crippen LogP contribution in [0.2, 0.25) is 0 Å². The van der Waals surface area contributed by atoms with Gasteiger partial charge in [0.25, 0.3) is 0 Å². The standard InChI is InChI=1S/C12H20N4O.2ClH/c1-2-4-10(3-1)12-14-11(17-15-12)9-16-7-5-13-6-8-16;;/h10,13H,1-9H2;2*1H. The largest absolute Gasteiger partial charge is 0.338 e. The van der Waals surface area contributed by atoms with E-state index in [0.29, 0.717) is 5.92 Å². The predicted octanol–water partition coefficient (Wildman–Crippen LogP) is 1.98. The number of rotatable bonds is 3. The number of hydrogen-bond donors (Lipinski definition) is 1. The molecule has 19 heavy (non-hydrogen) atoms. The Labute approximate surface area is 126 Å². The van der Waals surface area contributed by atoms with E-state index in [9.17, 15) is 0 Å². The molecule has 1 aromatic heterocycles. The van der Waals surface area contributed by atoms with E-state index in [1.165, 1.54) is 25.7 Å². The normalized spacial score (nSPS) is 20.8. The molecular formula is C12H22Cl2N4O. The van der Waals surface area contributed by atoms with Crippen molar-refractivity contribution in [2.45, 2.75) is 38.1 Å². The molecule has 1 saturated heterocycles. The highest BCUT2D eigenvalue weighted by Crippen LogP contribution is 2.32. The van der Waals surface area contributed by atoms with Crippen LogP contribution in [-0.4, -0.2) is 41.2 Å². The fourth-order valence-corrected chi connectivity index (χ4v) is 2.74. The average Bonchev–Trinajstić information content (AvgIpc) is 3.00. The molecule has 0 bridgehead atoms.